The van der Waals surface area contributed by atoms with E-state index in [2.05, 4.69) is 25.4 Å². The van der Waals surface area contributed by atoms with E-state index >= 15 is 0 Å². The van der Waals surface area contributed by atoms with Crippen molar-refractivity contribution in [2.75, 3.05) is 6.54 Å². The van der Waals surface area contributed by atoms with Crippen LogP contribution in [0.25, 0.3) is 0 Å². The van der Waals surface area contributed by atoms with Gasteiger partial charge in [0.05, 0.1) is 0 Å². The normalized spacial score (nSPS) is 15.3. The Morgan fingerprint density at radius 3 is 2.74 bits per heavy atom. The third-order valence-electron chi connectivity index (χ3n) is 5.82. The van der Waals surface area contributed by atoms with E-state index in [9.17, 15) is 9.59 Å². The van der Waals surface area contributed by atoms with E-state index in [-0.39, 0.29) is 18.4 Å². The predicted octanol–water partition coefficient (Wildman–Crippen LogP) is 3.00. The van der Waals surface area contributed by atoms with Crippen molar-refractivity contribution in [1.29, 1.82) is 0 Å². The number of ether oxygens (including phenoxy) is 1. The number of amides is 2. The number of rotatable bonds is 9. The highest BCUT2D eigenvalue weighted by atomic mass is 16.5. The maximum absolute atomic E-state index is 12.8. The number of hydrogen-bond acceptors (Lipinski definition) is 5. The molecule has 1 aliphatic heterocycles. The Bertz CT molecular complexity index is 852. The lowest BCUT2D eigenvalue weighted by Gasteiger charge is -2.23. The van der Waals surface area contributed by atoms with Crippen LogP contribution in [0.5, 0.6) is 0 Å². The van der Waals surface area contributed by atoms with Crippen LogP contribution in [0.1, 0.15) is 56.7 Å². The Morgan fingerprint density at radius 1 is 1.16 bits per heavy atom. The Kier molecular flexibility index (Phi) is 8.44. The quantitative estimate of drug-likeness (QED) is 0.641. The second kappa shape index (κ2) is 11.5. The number of nitrogens with zero attached hydrogens (tertiary/aromatic N) is 3. The Hall–Kier alpha value is -2.90. The fraction of sp³-hybridized carbons (Fsp3) is 0.565. The zero-order chi connectivity index (χ0) is 22.1. The molecule has 1 aliphatic rings. The summed E-state index contributed by atoms with van der Waals surface area (Å²) >= 11 is 0. The van der Waals surface area contributed by atoms with Gasteiger partial charge in [-0.05, 0) is 24.3 Å². The minimum Gasteiger partial charge on any atom is -0.445 e. The third kappa shape index (κ3) is 6.54. The topological polar surface area (TPSA) is 98.1 Å². The predicted molar refractivity (Wildman–Crippen MR) is 117 cm³/mol. The van der Waals surface area contributed by atoms with Gasteiger partial charge in [-0.1, -0.05) is 57.0 Å². The van der Waals surface area contributed by atoms with Crippen LogP contribution in [0.15, 0.2) is 30.3 Å². The number of alkyl carbamates (subject to hydrolysis) is 1. The molecule has 0 saturated carbocycles. The van der Waals surface area contributed by atoms with E-state index in [1.54, 1.807) is 0 Å². The lowest BCUT2D eigenvalue weighted by molar-refractivity contribution is -0.124. The fourth-order valence-corrected chi connectivity index (χ4v) is 3.73. The highest BCUT2D eigenvalue weighted by Gasteiger charge is 2.26. The van der Waals surface area contributed by atoms with Gasteiger partial charge in [-0.15, -0.1) is 10.2 Å². The zero-order valence-corrected chi connectivity index (χ0v) is 18.5. The van der Waals surface area contributed by atoms with Gasteiger partial charge < -0.3 is 19.9 Å². The second-order valence-electron chi connectivity index (χ2n) is 8.11. The van der Waals surface area contributed by atoms with Gasteiger partial charge in [0.25, 0.3) is 0 Å². The summed E-state index contributed by atoms with van der Waals surface area (Å²) in [5.41, 5.74) is 0.898. The molecule has 0 bridgehead atoms. The maximum atomic E-state index is 12.8. The second-order valence-corrected chi connectivity index (χ2v) is 8.11. The zero-order valence-electron chi connectivity index (χ0n) is 18.5. The van der Waals surface area contributed by atoms with Gasteiger partial charge in [0, 0.05) is 25.9 Å². The molecule has 0 saturated heterocycles. The summed E-state index contributed by atoms with van der Waals surface area (Å²) in [6.07, 6.45) is 5.24. The summed E-state index contributed by atoms with van der Waals surface area (Å²) < 4.78 is 7.47. The van der Waals surface area contributed by atoms with Crippen LogP contribution in [0.3, 0.4) is 0 Å². The summed E-state index contributed by atoms with van der Waals surface area (Å²) in [5.74, 6) is 1.72. The van der Waals surface area contributed by atoms with Gasteiger partial charge >= 0.3 is 6.09 Å². The molecule has 168 valence electrons. The molecule has 2 heterocycles. The summed E-state index contributed by atoms with van der Waals surface area (Å²) in [6.45, 7) is 5.49. The molecule has 0 aliphatic carbocycles. The number of carbonyl (C=O) groups excluding carboxylic acids is 2. The first-order valence-corrected chi connectivity index (χ1v) is 11.2. The van der Waals surface area contributed by atoms with Crippen molar-refractivity contribution in [2.24, 2.45) is 5.92 Å². The van der Waals surface area contributed by atoms with Crippen molar-refractivity contribution >= 4 is 12.0 Å². The lowest BCUT2D eigenvalue weighted by Crippen LogP contribution is -2.50. The van der Waals surface area contributed by atoms with Crippen LogP contribution in [0.2, 0.25) is 0 Å². The van der Waals surface area contributed by atoms with E-state index in [0.717, 1.165) is 49.4 Å². The highest BCUT2D eigenvalue weighted by molar-refractivity contribution is 5.85. The number of aromatic nitrogens is 3. The number of nitrogens with one attached hydrogen (secondary N) is 2. The molecule has 2 N–H and O–H groups in total. The number of carbonyl (C=O) groups is 2. The molecule has 31 heavy (non-hydrogen) atoms. The molecule has 2 amide bonds. The van der Waals surface area contributed by atoms with Crippen molar-refractivity contribution in [1.82, 2.24) is 25.4 Å². The molecule has 1 aromatic heterocycles. The number of fused-ring (bicyclic) bond motifs is 1. The van der Waals surface area contributed by atoms with Crippen LogP contribution < -0.4 is 10.6 Å². The number of hydrogen-bond donors (Lipinski definition) is 2. The smallest absolute Gasteiger partial charge is 0.408 e. The van der Waals surface area contributed by atoms with E-state index in [4.69, 9.17) is 4.74 Å². The monoisotopic (exact) mass is 427 g/mol. The van der Waals surface area contributed by atoms with Crippen molar-refractivity contribution < 1.29 is 14.3 Å². The van der Waals surface area contributed by atoms with Crippen molar-refractivity contribution in [2.45, 2.75) is 71.6 Å². The minimum absolute atomic E-state index is 0.0198. The standard InChI is InChI=1S/C23H33N5O3/c1-3-17(2)21(25-23(30)31-16-18-10-6-4-7-11-18)22(29)24-14-13-20-27-26-19-12-8-5-9-15-28(19)20/h4,6-7,10-11,17,21H,3,5,8-9,12-16H2,1-2H3,(H,24,29)(H,25,30)/t17-,21-/m0/s1. The number of benzene rings is 1. The van der Waals surface area contributed by atoms with Crippen molar-refractivity contribution in [3.8, 4) is 0 Å². The van der Waals surface area contributed by atoms with Crippen LogP contribution in [-0.2, 0) is 35.5 Å². The first-order chi connectivity index (χ1) is 15.1. The molecule has 8 nitrogen and oxygen atoms in total. The molecule has 0 unspecified atom stereocenters. The van der Waals surface area contributed by atoms with Crippen molar-refractivity contribution in [3.63, 3.8) is 0 Å². The largest absolute Gasteiger partial charge is 0.445 e. The molecule has 2 aromatic rings. The molecule has 3 rings (SSSR count). The number of aryl methyl sites for hydroxylation is 1. The van der Waals surface area contributed by atoms with Gasteiger partial charge in [-0.3, -0.25) is 4.79 Å². The summed E-state index contributed by atoms with van der Waals surface area (Å²) in [7, 11) is 0. The molecule has 1 aromatic carbocycles. The minimum atomic E-state index is -0.649. The van der Waals surface area contributed by atoms with Gasteiger partial charge in [-0.2, -0.15) is 0 Å². The molecule has 0 fully saturated rings. The molecular formula is C23H33N5O3. The first kappa shape index (κ1) is 22.8. The van der Waals surface area contributed by atoms with E-state index < -0.39 is 12.1 Å². The SMILES string of the molecule is CC[C@H](C)[C@H](NC(=O)OCc1ccccc1)C(=O)NCCc1nnc2n1CCCCC2. The third-order valence-corrected chi connectivity index (χ3v) is 5.82. The maximum Gasteiger partial charge on any atom is 0.408 e. The van der Waals surface area contributed by atoms with Gasteiger partial charge in [-0.25, -0.2) is 4.79 Å². The lowest BCUT2D eigenvalue weighted by atomic mass is 9.98. The van der Waals surface area contributed by atoms with Gasteiger partial charge in [0.2, 0.25) is 5.91 Å². The summed E-state index contributed by atoms with van der Waals surface area (Å²) in [5, 5.41) is 14.3. The molecule has 8 heteroatoms. The average molecular weight is 428 g/mol. The summed E-state index contributed by atoms with van der Waals surface area (Å²) in [6, 6.07) is 8.81. The van der Waals surface area contributed by atoms with E-state index in [0.29, 0.717) is 13.0 Å². The average Bonchev–Trinajstić information content (AvgIpc) is 3.01. The Morgan fingerprint density at radius 2 is 1.97 bits per heavy atom. The van der Waals surface area contributed by atoms with E-state index in [1.165, 1.54) is 6.42 Å². The highest BCUT2D eigenvalue weighted by Crippen LogP contribution is 2.14. The Labute approximate surface area is 183 Å². The Balaban J connectivity index is 1.50. The first-order valence-electron chi connectivity index (χ1n) is 11.2. The van der Waals surface area contributed by atoms with Crippen LogP contribution in [0, 0.1) is 5.92 Å². The van der Waals surface area contributed by atoms with Crippen LogP contribution in [0.4, 0.5) is 4.79 Å². The van der Waals surface area contributed by atoms with Gasteiger partial charge in [0.15, 0.2) is 0 Å². The molecule has 0 radical (unpaired) electrons. The van der Waals surface area contributed by atoms with E-state index in [1.807, 2.05) is 44.2 Å². The van der Waals surface area contributed by atoms with Crippen LogP contribution >= 0.6 is 0 Å². The molecule has 2 atom stereocenters. The van der Waals surface area contributed by atoms with Gasteiger partial charge in [0.1, 0.15) is 24.3 Å². The fourth-order valence-electron chi connectivity index (χ4n) is 3.73. The summed E-state index contributed by atoms with van der Waals surface area (Å²) in [4.78, 5) is 25.1. The van der Waals surface area contributed by atoms with Crippen LogP contribution in [-0.4, -0.2) is 39.4 Å². The molecular weight excluding hydrogens is 394 g/mol. The van der Waals surface area contributed by atoms with Crippen molar-refractivity contribution in [3.05, 3.63) is 47.5 Å². The molecule has 0 spiro atoms.